The van der Waals surface area contributed by atoms with Crippen LogP contribution in [0, 0.1) is 0 Å². The van der Waals surface area contributed by atoms with Crippen molar-refractivity contribution < 1.29 is 9.84 Å². The number of nitrogens with zero attached hydrogens (tertiary/aromatic N) is 1. The second kappa shape index (κ2) is 6.07. The van der Waals surface area contributed by atoms with Crippen LogP contribution in [0.1, 0.15) is 18.2 Å². The first-order valence-electron chi connectivity index (χ1n) is 5.93. The minimum Gasteiger partial charge on any atom is -0.504 e. The fourth-order valence-corrected chi connectivity index (χ4v) is 1.70. The summed E-state index contributed by atoms with van der Waals surface area (Å²) in [7, 11) is 0. The quantitative estimate of drug-likeness (QED) is 0.728. The van der Waals surface area contributed by atoms with Crippen molar-refractivity contribution in [3.05, 3.63) is 42.0 Å². The summed E-state index contributed by atoms with van der Waals surface area (Å²) in [4.78, 5) is 6.95. The van der Waals surface area contributed by atoms with Gasteiger partial charge in [0.05, 0.1) is 12.9 Å². The summed E-state index contributed by atoms with van der Waals surface area (Å²) in [5.41, 5.74) is 1.83. The summed E-state index contributed by atoms with van der Waals surface area (Å²) in [6, 6.07) is 5.51. The van der Waals surface area contributed by atoms with E-state index in [0.29, 0.717) is 25.4 Å². The molecule has 0 fully saturated rings. The van der Waals surface area contributed by atoms with Crippen LogP contribution in [-0.4, -0.2) is 21.7 Å². The zero-order valence-electron chi connectivity index (χ0n) is 10.3. The molecule has 18 heavy (non-hydrogen) atoms. The van der Waals surface area contributed by atoms with Gasteiger partial charge in [-0.3, -0.25) is 0 Å². The molecule has 0 saturated heterocycles. The van der Waals surface area contributed by atoms with E-state index in [0.717, 1.165) is 11.3 Å². The Balaban J connectivity index is 1.94. The molecule has 0 atom stereocenters. The molecule has 0 amide bonds. The van der Waals surface area contributed by atoms with Gasteiger partial charge in [-0.2, -0.15) is 0 Å². The molecule has 0 spiro atoms. The van der Waals surface area contributed by atoms with Crippen LogP contribution in [0.15, 0.2) is 30.7 Å². The third-order valence-electron chi connectivity index (χ3n) is 2.57. The first kappa shape index (κ1) is 12.4. The standard InChI is InChI=1S/C13H17N3O2/c1-2-18-12-5-3-4-10(13(12)17)6-14-7-11-8-15-9-16-11/h3-5,8-9,14,17H,2,6-7H2,1H3,(H,15,16). The maximum atomic E-state index is 9.99. The van der Waals surface area contributed by atoms with E-state index in [1.807, 2.05) is 19.1 Å². The molecule has 0 aliphatic rings. The third-order valence-corrected chi connectivity index (χ3v) is 2.57. The molecule has 5 heteroatoms. The summed E-state index contributed by atoms with van der Waals surface area (Å²) in [6.45, 7) is 3.69. The molecule has 5 nitrogen and oxygen atoms in total. The van der Waals surface area contributed by atoms with Gasteiger partial charge in [-0.1, -0.05) is 12.1 Å². The highest BCUT2D eigenvalue weighted by Gasteiger charge is 2.07. The maximum Gasteiger partial charge on any atom is 0.162 e. The lowest BCUT2D eigenvalue weighted by atomic mass is 10.2. The number of phenols is 1. The van der Waals surface area contributed by atoms with E-state index in [-0.39, 0.29) is 5.75 Å². The summed E-state index contributed by atoms with van der Waals surface area (Å²) in [5, 5.41) is 13.2. The average Bonchev–Trinajstić information content (AvgIpc) is 2.87. The number of hydrogen-bond donors (Lipinski definition) is 3. The van der Waals surface area contributed by atoms with Crippen LogP contribution in [0.4, 0.5) is 0 Å². The summed E-state index contributed by atoms with van der Waals surface area (Å²) >= 11 is 0. The van der Waals surface area contributed by atoms with Gasteiger partial charge in [0.15, 0.2) is 11.5 Å². The Kier molecular flexibility index (Phi) is 4.20. The van der Waals surface area contributed by atoms with Crippen LogP contribution in [0.3, 0.4) is 0 Å². The molecule has 0 aliphatic heterocycles. The van der Waals surface area contributed by atoms with Crippen molar-refractivity contribution in [2.24, 2.45) is 0 Å². The topological polar surface area (TPSA) is 70.2 Å². The first-order valence-corrected chi connectivity index (χ1v) is 5.93. The number of ether oxygens (including phenoxy) is 1. The molecule has 1 aromatic carbocycles. The van der Waals surface area contributed by atoms with Gasteiger partial charge in [0.2, 0.25) is 0 Å². The molecule has 0 radical (unpaired) electrons. The van der Waals surface area contributed by atoms with Gasteiger partial charge in [-0.05, 0) is 13.0 Å². The van der Waals surface area contributed by atoms with E-state index in [1.165, 1.54) is 0 Å². The van der Waals surface area contributed by atoms with Gasteiger partial charge in [0, 0.05) is 30.5 Å². The van der Waals surface area contributed by atoms with Crippen LogP contribution < -0.4 is 10.1 Å². The average molecular weight is 247 g/mol. The number of hydrogen-bond acceptors (Lipinski definition) is 4. The monoisotopic (exact) mass is 247 g/mol. The molecular weight excluding hydrogens is 230 g/mol. The number of imidazole rings is 1. The zero-order valence-corrected chi connectivity index (χ0v) is 10.3. The van der Waals surface area contributed by atoms with Crippen molar-refractivity contribution >= 4 is 0 Å². The van der Waals surface area contributed by atoms with E-state index in [2.05, 4.69) is 15.3 Å². The Morgan fingerprint density at radius 2 is 2.28 bits per heavy atom. The van der Waals surface area contributed by atoms with Crippen molar-refractivity contribution in [3.63, 3.8) is 0 Å². The number of aromatic nitrogens is 2. The number of rotatable bonds is 6. The number of nitrogens with one attached hydrogen (secondary N) is 2. The predicted octanol–water partition coefficient (Wildman–Crippen LogP) is 1.80. The SMILES string of the molecule is CCOc1cccc(CNCc2cnc[nH]2)c1O. The molecule has 0 aliphatic carbocycles. The minimum absolute atomic E-state index is 0.205. The lowest BCUT2D eigenvalue weighted by Gasteiger charge is -2.10. The van der Waals surface area contributed by atoms with E-state index >= 15 is 0 Å². The van der Waals surface area contributed by atoms with E-state index in [1.54, 1.807) is 18.6 Å². The van der Waals surface area contributed by atoms with Crippen molar-refractivity contribution in [2.75, 3.05) is 6.61 Å². The zero-order chi connectivity index (χ0) is 12.8. The third kappa shape index (κ3) is 3.01. The second-order valence-corrected chi connectivity index (χ2v) is 3.88. The molecule has 2 rings (SSSR count). The number of benzene rings is 1. The Morgan fingerprint density at radius 3 is 3.00 bits per heavy atom. The van der Waals surface area contributed by atoms with Crippen LogP contribution >= 0.6 is 0 Å². The van der Waals surface area contributed by atoms with Gasteiger partial charge in [-0.15, -0.1) is 0 Å². The normalized spacial score (nSPS) is 10.5. The number of phenolic OH excluding ortho intramolecular Hbond substituents is 1. The summed E-state index contributed by atoms with van der Waals surface area (Å²) < 4.78 is 5.34. The molecule has 2 aromatic rings. The predicted molar refractivity (Wildman–Crippen MR) is 68.4 cm³/mol. The number of aromatic hydroxyl groups is 1. The van der Waals surface area contributed by atoms with Crippen molar-refractivity contribution in [1.82, 2.24) is 15.3 Å². The largest absolute Gasteiger partial charge is 0.504 e. The number of para-hydroxylation sites is 1. The minimum atomic E-state index is 0.205. The molecule has 3 N–H and O–H groups in total. The van der Waals surface area contributed by atoms with Gasteiger partial charge < -0.3 is 20.1 Å². The molecule has 96 valence electrons. The van der Waals surface area contributed by atoms with Crippen molar-refractivity contribution in [2.45, 2.75) is 20.0 Å². The smallest absolute Gasteiger partial charge is 0.162 e. The van der Waals surface area contributed by atoms with Gasteiger partial charge in [0.1, 0.15) is 0 Å². The molecule has 0 unspecified atom stereocenters. The second-order valence-electron chi connectivity index (χ2n) is 3.88. The Bertz CT molecular complexity index is 483. The van der Waals surface area contributed by atoms with Crippen molar-refractivity contribution in [3.8, 4) is 11.5 Å². The Morgan fingerprint density at radius 1 is 1.39 bits per heavy atom. The number of aromatic amines is 1. The maximum absolute atomic E-state index is 9.99. The first-order chi connectivity index (χ1) is 8.81. The van der Waals surface area contributed by atoms with Crippen LogP contribution in [-0.2, 0) is 13.1 Å². The molecule has 0 bridgehead atoms. The van der Waals surface area contributed by atoms with Gasteiger partial charge in [-0.25, -0.2) is 4.98 Å². The van der Waals surface area contributed by atoms with Crippen LogP contribution in [0.25, 0.3) is 0 Å². The summed E-state index contributed by atoms with van der Waals surface area (Å²) in [6.07, 6.45) is 3.41. The lowest BCUT2D eigenvalue weighted by molar-refractivity contribution is 0.316. The van der Waals surface area contributed by atoms with E-state index in [9.17, 15) is 5.11 Å². The highest BCUT2D eigenvalue weighted by atomic mass is 16.5. The molecule has 1 aromatic heterocycles. The van der Waals surface area contributed by atoms with Crippen LogP contribution in [0.5, 0.6) is 11.5 Å². The molecule has 0 saturated carbocycles. The molecule has 1 heterocycles. The fraction of sp³-hybridized carbons (Fsp3) is 0.308. The van der Waals surface area contributed by atoms with Crippen LogP contribution in [0.2, 0.25) is 0 Å². The Labute approximate surface area is 106 Å². The van der Waals surface area contributed by atoms with Crippen molar-refractivity contribution in [1.29, 1.82) is 0 Å². The van der Waals surface area contributed by atoms with Gasteiger partial charge in [0.25, 0.3) is 0 Å². The highest BCUT2D eigenvalue weighted by molar-refractivity contribution is 5.45. The lowest BCUT2D eigenvalue weighted by Crippen LogP contribution is -2.13. The highest BCUT2D eigenvalue weighted by Crippen LogP contribution is 2.29. The Hall–Kier alpha value is -2.01. The summed E-state index contributed by atoms with van der Waals surface area (Å²) in [5.74, 6) is 0.731. The number of H-pyrrole nitrogens is 1. The van der Waals surface area contributed by atoms with Gasteiger partial charge >= 0.3 is 0 Å². The van der Waals surface area contributed by atoms with E-state index < -0.39 is 0 Å². The fourth-order valence-electron chi connectivity index (χ4n) is 1.70. The molecular formula is C13H17N3O2. The van der Waals surface area contributed by atoms with E-state index in [4.69, 9.17) is 4.74 Å².